The summed E-state index contributed by atoms with van der Waals surface area (Å²) in [6, 6.07) is 1.54. The van der Waals surface area contributed by atoms with Gasteiger partial charge in [-0.25, -0.2) is 0 Å². The van der Waals surface area contributed by atoms with Gasteiger partial charge >= 0.3 is 0 Å². The quantitative estimate of drug-likeness (QED) is 0.605. The third-order valence-corrected chi connectivity index (χ3v) is 1.79. The van der Waals surface area contributed by atoms with E-state index in [9.17, 15) is 4.79 Å². The fourth-order valence-corrected chi connectivity index (χ4v) is 1.13. The van der Waals surface area contributed by atoms with Crippen molar-refractivity contribution in [1.82, 2.24) is 4.98 Å². The van der Waals surface area contributed by atoms with Crippen molar-refractivity contribution in [3.05, 3.63) is 33.2 Å². The van der Waals surface area contributed by atoms with Crippen LogP contribution in [0.4, 0.5) is 0 Å². The molecule has 0 unspecified atom stereocenters. The Hall–Kier alpha value is -1.38. The number of nitrogens with one attached hydrogen (secondary N) is 2. The molecule has 0 aliphatic heterocycles. The first kappa shape index (κ1) is 8.71. The van der Waals surface area contributed by atoms with Gasteiger partial charge in [0.1, 0.15) is 0 Å². The van der Waals surface area contributed by atoms with Gasteiger partial charge in [0.25, 0.3) is 0 Å². The summed E-state index contributed by atoms with van der Waals surface area (Å²) in [5.74, 6) is 0. The van der Waals surface area contributed by atoms with Crippen LogP contribution in [0.2, 0.25) is 0 Å². The zero-order valence-electron chi connectivity index (χ0n) is 7.49. The van der Waals surface area contributed by atoms with Crippen molar-refractivity contribution in [1.29, 1.82) is 5.41 Å². The minimum Gasteiger partial charge on any atom is -0.357 e. The Morgan fingerprint density at radius 2 is 2.08 bits per heavy atom. The molecule has 0 aliphatic carbocycles. The van der Waals surface area contributed by atoms with Crippen LogP contribution in [-0.4, -0.2) is 10.7 Å². The van der Waals surface area contributed by atoms with E-state index in [1.807, 2.05) is 6.92 Å². The van der Waals surface area contributed by atoms with Crippen LogP contribution in [0.3, 0.4) is 0 Å². The SMILES string of the molecule is CC(=N)c1[nH]c(C)cc(=O)c1C. The number of rotatable bonds is 1. The number of hydrogen-bond donors (Lipinski definition) is 2. The molecular formula is C9H12N2O. The van der Waals surface area contributed by atoms with Crippen LogP contribution < -0.4 is 5.43 Å². The minimum atomic E-state index is -0.00662. The molecule has 3 nitrogen and oxygen atoms in total. The lowest BCUT2D eigenvalue weighted by Gasteiger charge is -2.04. The van der Waals surface area contributed by atoms with Crippen molar-refractivity contribution in [2.45, 2.75) is 20.8 Å². The van der Waals surface area contributed by atoms with Crippen molar-refractivity contribution >= 4 is 5.71 Å². The smallest absolute Gasteiger partial charge is 0.185 e. The fourth-order valence-electron chi connectivity index (χ4n) is 1.13. The Morgan fingerprint density at radius 1 is 1.50 bits per heavy atom. The van der Waals surface area contributed by atoms with Crippen molar-refractivity contribution < 1.29 is 0 Å². The molecule has 12 heavy (non-hydrogen) atoms. The van der Waals surface area contributed by atoms with Gasteiger partial charge in [0, 0.05) is 17.3 Å². The predicted molar refractivity (Wildman–Crippen MR) is 49.0 cm³/mol. The van der Waals surface area contributed by atoms with Crippen LogP contribution >= 0.6 is 0 Å². The van der Waals surface area contributed by atoms with E-state index in [1.165, 1.54) is 0 Å². The summed E-state index contributed by atoms with van der Waals surface area (Å²) in [6.07, 6.45) is 0. The number of aryl methyl sites for hydroxylation is 1. The molecule has 0 atom stereocenters. The monoisotopic (exact) mass is 164 g/mol. The molecular weight excluding hydrogens is 152 g/mol. The van der Waals surface area contributed by atoms with E-state index in [2.05, 4.69) is 4.98 Å². The maximum atomic E-state index is 11.2. The van der Waals surface area contributed by atoms with E-state index in [-0.39, 0.29) is 5.43 Å². The standard InChI is InChI=1S/C9H12N2O/c1-5-4-8(12)6(2)9(11-5)7(3)10/h4,10H,1-3H3,(H,11,12). The average Bonchev–Trinajstić information content (AvgIpc) is 1.96. The zero-order valence-corrected chi connectivity index (χ0v) is 7.49. The topological polar surface area (TPSA) is 56.7 Å². The molecule has 1 rings (SSSR count). The lowest BCUT2D eigenvalue weighted by molar-refractivity contribution is 1.12. The van der Waals surface area contributed by atoms with E-state index in [1.54, 1.807) is 19.9 Å². The Labute approximate surface area is 71.0 Å². The third kappa shape index (κ3) is 1.44. The van der Waals surface area contributed by atoms with Crippen LogP contribution in [0.15, 0.2) is 10.9 Å². The highest BCUT2D eigenvalue weighted by Crippen LogP contribution is 2.01. The molecule has 2 N–H and O–H groups in total. The van der Waals surface area contributed by atoms with Gasteiger partial charge in [-0.15, -0.1) is 0 Å². The minimum absolute atomic E-state index is 0.00662. The van der Waals surface area contributed by atoms with Gasteiger partial charge in [-0.1, -0.05) is 0 Å². The molecule has 0 amide bonds. The van der Waals surface area contributed by atoms with Crippen molar-refractivity contribution in [3.8, 4) is 0 Å². The van der Waals surface area contributed by atoms with Crippen LogP contribution in [0.5, 0.6) is 0 Å². The molecule has 0 radical (unpaired) electrons. The molecule has 1 aromatic heterocycles. The number of hydrogen-bond acceptors (Lipinski definition) is 2. The summed E-state index contributed by atoms with van der Waals surface area (Å²) >= 11 is 0. The summed E-state index contributed by atoms with van der Waals surface area (Å²) in [6.45, 7) is 5.20. The molecule has 0 fully saturated rings. The van der Waals surface area contributed by atoms with Crippen LogP contribution in [0, 0.1) is 19.3 Å². The van der Waals surface area contributed by atoms with Gasteiger partial charge in [-0.2, -0.15) is 0 Å². The second-order valence-corrected chi connectivity index (χ2v) is 2.94. The highest BCUT2D eigenvalue weighted by atomic mass is 16.1. The van der Waals surface area contributed by atoms with Gasteiger partial charge in [-0.05, 0) is 20.8 Å². The molecule has 64 valence electrons. The van der Waals surface area contributed by atoms with Gasteiger partial charge in [0.2, 0.25) is 0 Å². The summed E-state index contributed by atoms with van der Waals surface area (Å²) < 4.78 is 0. The Balaban J connectivity index is 3.48. The molecule has 3 heteroatoms. The summed E-state index contributed by atoms with van der Waals surface area (Å²) in [5, 5.41) is 7.40. The molecule has 0 saturated heterocycles. The molecule has 0 bridgehead atoms. The van der Waals surface area contributed by atoms with E-state index in [0.717, 1.165) is 5.69 Å². The molecule has 0 aromatic carbocycles. The number of H-pyrrole nitrogens is 1. The average molecular weight is 164 g/mol. The third-order valence-electron chi connectivity index (χ3n) is 1.79. The maximum Gasteiger partial charge on any atom is 0.185 e. The summed E-state index contributed by atoms with van der Waals surface area (Å²) in [5.41, 5.74) is 2.45. The van der Waals surface area contributed by atoms with Crippen molar-refractivity contribution in [3.63, 3.8) is 0 Å². The van der Waals surface area contributed by atoms with Gasteiger partial charge in [-0.3, -0.25) is 4.79 Å². The van der Waals surface area contributed by atoms with E-state index >= 15 is 0 Å². The van der Waals surface area contributed by atoms with Gasteiger partial charge < -0.3 is 10.4 Å². The normalized spacial score (nSPS) is 9.92. The largest absolute Gasteiger partial charge is 0.357 e. The van der Waals surface area contributed by atoms with E-state index in [0.29, 0.717) is 17.0 Å². The summed E-state index contributed by atoms with van der Waals surface area (Å²) in [7, 11) is 0. The lowest BCUT2D eigenvalue weighted by Crippen LogP contribution is -2.13. The first-order valence-electron chi connectivity index (χ1n) is 3.78. The first-order valence-corrected chi connectivity index (χ1v) is 3.78. The highest BCUT2D eigenvalue weighted by molar-refractivity contribution is 5.95. The predicted octanol–water partition coefficient (Wildman–Crippen LogP) is 1.38. The highest BCUT2D eigenvalue weighted by Gasteiger charge is 2.04. The van der Waals surface area contributed by atoms with E-state index < -0.39 is 0 Å². The van der Waals surface area contributed by atoms with Crippen molar-refractivity contribution in [2.24, 2.45) is 0 Å². The van der Waals surface area contributed by atoms with E-state index in [4.69, 9.17) is 5.41 Å². The molecule has 0 saturated carbocycles. The van der Waals surface area contributed by atoms with Crippen LogP contribution in [-0.2, 0) is 0 Å². The maximum absolute atomic E-state index is 11.2. The zero-order chi connectivity index (χ0) is 9.30. The number of aromatic nitrogens is 1. The van der Waals surface area contributed by atoms with Gasteiger partial charge in [0.15, 0.2) is 5.43 Å². The fraction of sp³-hybridized carbons (Fsp3) is 0.333. The first-order chi connectivity index (χ1) is 5.52. The molecule has 1 aromatic rings. The van der Waals surface area contributed by atoms with Crippen molar-refractivity contribution in [2.75, 3.05) is 0 Å². The molecule has 1 heterocycles. The van der Waals surface area contributed by atoms with Gasteiger partial charge in [0.05, 0.1) is 11.4 Å². The second kappa shape index (κ2) is 2.93. The van der Waals surface area contributed by atoms with Crippen LogP contribution in [0.1, 0.15) is 23.9 Å². The molecule has 0 spiro atoms. The van der Waals surface area contributed by atoms with Crippen LogP contribution in [0.25, 0.3) is 0 Å². The number of aromatic amines is 1. The second-order valence-electron chi connectivity index (χ2n) is 2.94. The Kier molecular flexibility index (Phi) is 2.13. The number of pyridine rings is 1. The Bertz CT molecular complexity index is 377. The molecule has 0 aliphatic rings. The Morgan fingerprint density at radius 3 is 2.58 bits per heavy atom. The lowest BCUT2D eigenvalue weighted by atomic mass is 10.1. The summed E-state index contributed by atoms with van der Waals surface area (Å²) in [4.78, 5) is 14.2.